The third kappa shape index (κ3) is 4.01. The molecule has 3 rings (SSSR count). The van der Waals surface area contributed by atoms with Crippen molar-refractivity contribution < 1.29 is 14.3 Å². The van der Waals surface area contributed by atoms with Crippen molar-refractivity contribution in [1.82, 2.24) is 0 Å². The number of hydrogen-bond acceptors (Lipinski definition) is 3. The predicted molar refractivity (Wildman–Crippen MR) is 104 cm³/mol. The monoisotopic (exact) mass is 344 g/mol. The van der Waals surface area contributed by atoms with Crippen molar-refractivity contribution in [3.63, 3.8) is 0 Å². The van der Waals surface area contributed by atoms with Gasteiger partial charge in [-0.3, -0.25) is 0 Å². The van der Waals surface area contributed by atoms with E-state index in [1.807, 2.05) is 54.6 Å². The lowest BCUT2D eigenvalue weighted by Gasteiger charge is -2.10. The van der Waals surface area contributed by atoms with Gasteiger partial charge in [-0.05, 0) is 52.6 Å². The molecule has 0 spiro atoms. The fourth-order valence-corrected chi connectivity index (χ4v) is 2.72. The van der Waals surface area contributed by atoms with Crippen molar-refractivity contribution in [2.24, 2.45) is 0 Å². The highest BCUT2D eigenvalue weighted by Gasteiger charge is 2.07. The van der Waals surface area contributed by atoms with E-state index in [0.29, 0.717) is 5.56 Å². The highest BCUT2D eigenvalue weighted by molar-refractivity contribution is 5.93. The van der Waals surface area contributed by atoms with Gasteiger partial charge in [0.1, 0.15) is 5.75 Å². The normalized spacial score (nSPS) is 11.1. The summed E-state index contributed by atoms with van der Waals surface area (Å²) in [5.41, 5.74) is 4.85. The van der Waals surface area contributed by atoms with Crippen LogP contribution < -0.4 is 4.74 Å². The Hall–Kier alpha value is -3.33. The number of esters is 1. The van der Waals surface area contributed by atoms with E-state index in [9.17, 15) is 4.79 Å². The van der Waals surface area contributed by atoms with Crippen molar-refractivity contribution in [3.05, 3.63) is 101 Å². The molecule has 3 nitrogen and oxygen atoms in total. The second-order valence-electron chi connectivity index (χ2n) is 5.77. The zero-order valence-corrected chi connectivity index (χ0v) is 14.8. The summed E-state index contributed by atoms with van der Waals surface area (Å²) >= 11 is 0. The second-order valence-corrected chi connectivity index (χ2v) is 5.77. The van der Waals surface area contributed by atoms with Crippen LogP contribution in [0.4, 0.5) is 0 Å². The van der Waals surface area contributed by atoms with Crippen LogP contribution in [0.2, 0.25) is 0 Å². The fourth-order valence-electron chi connectivity index (χ4n) is 2.72. The molecule has 0 unspecified atom stereocenters. The molecule has 0 aliphatic rings. The standard InChI is InChI=1S/C23H20O3/c1-25-21-14-12-19(13-15-21)22(18-6-4-3-5-7-18)16-17-8-10-20(11-9-17)23(24)26-2/h3-16H,1-2H3/b22-16-. The number of rotatable bonds is 5. The summed E-state index contributed by atoms with van der Waals surface area (Å²) in [4.78, 5) is 11.6. The Morgan fingerprint density at radius 1 is 0.731 bits per heavy atom. The van der Waals surface area contributed by atoms with Crippen LogP contribution in [0, 0.1) is 0 Å². The van der Waals surface area contributed by atoms with Gasteiger partial charge in [-0.2, -0.15) is 0 Å². The first-order valence-electron chi connectivity index (χ1n) is 8.31. The number of carbonyl (C=O) groups excluding carboxylic acids is 1. The third-order valence-electron chi connectivity index (χ3n) is 4.13. The Morgan fingerprint density at radius 3 is 1.88 bits per heavy atom. The largest absolute Gasteiger partial charge is 0.497 e. The van der Waals surface area contributed by atoms with Gasteiger partial charge in [0.15, 0.2) is 0 Å². The van der Waals surface area contributed by atoms with Gasteiger partial charge in [-0.15, -0.1) is 0 Å². The minimum atomic E-state index is -0.334. The summed E-state index contributed by atoms with van der Waals surface area (Å²) in [6.45, 7) is 0. The zero-order valence-electron chi connectivity index (χ0n) is 14.8. The second kappa shape index (κ2) is 8.17. The quantitative estimate of drug-likeness (QED) is 0.479. The predicted octanol–water partition coefficient (Wildman–Crippen LogP) is 5.07. The van der Waals surface area contributed by atoms with E-state index in [-0.39, 0.29) is 5.97 Å². The van der Waals surface area contributed by atoms with Crippen LogP contribution in [0.25, 0.3) is 11.6 Å². The zero-order chi connectivity index (χ0) is 18.4. The molecule has 0 bridgehead atoms. The molecule has 0 aromatic heterocycles. The van der Waals surface area contributed by atoms with Gasteiger partial charge in [0.05, 0.1) is 19.8 Å². The summed E-state index contributed by atoms with van der Waals surface area (Å²) in [5, 5.41) is 0. The molecule has 0 fully saturated rings. The first kappa shape index (κ1) is 17.5. The van der Waals surface area contributed by atoms with Gasteiger partial charge in [0.2, 0.25) is 0 Å². The fraction of sp³-hybridized carbons (Fsp3) is 0.0870. The molecule has 0 heterocycles. The summed E-state index contributed by atoms with van der Waals surface area (Å²) in [6.07, 6.45) is 2.11. The minimum absolute atomic E-state index is 0.334. The Labute approximate surface area is 153 Å². The number of methoxy groups -OCH3 is 2. The Balaban J connectivity index is 2.02. The van der Waals surface area contributed by atoms with E-state index in [4.69, 9.17) is 9.47 Å². The molecule has 3 heteroatoms. The molecule has 0 radical (unpaired) electrons. The Kier molecular flexibility index (Phi) is 5.49. The first-order chi connectivity index (χ1) is 12.7. The van der Waals surface area contributed by atoms with Crippen molar-refractivity contribution in [1.29, 1.82) is 0 Å². The molecular formula is C23H20O3. The molecule has 130 valence electrons. The van der Waals surface area contributed by atoms with Gasteiger partial charge in [0.25, 0.3) is 0 Å². The molecule has 0 saturated carbocycles. The lowest BCUT2D eigenvalue weighted by atomic mass is 9.95. The Bertz CT molecular complexity index is 892. The van der Waals surface area contributed by atoms with Crippen LogP contribution in [-0.4, -0.2) is 20.2 Å². The molecule has 0 N–H and O–H groups in total. The van der Waals surface area contributed by atoms with Crippen molar-refractivity contribution in [2.75, 3.05) is 14.2 Å². The van der Waals surface area contributed by atoms with E-state index < -0.39 is 0 Å². The topological polar surface area (TPSA) is 35.5 Å². The average Bonchev–Trinajstić information content (AvgIpc) is 2.72. The number of benzene rings is 3. The van der Waals surface area contributed by atoms with Gasteiger partial charge in [0, 0.05) is 0 Å². The minimum Gasteiger partial charge on any atom is -0.497 e. The van der Waals surface area contributed by atoms with Crippen molar-refractivity contribution in [3.8, 4) is 5.75 Å². The summed E-state index contributed by atoms with van der Waals surface area (Å²) < 4.78 is 10.0. The van der Waals surface area contributed by atoms with Crippen LogP contribution in [0.3, 0.4) is 0 Å². The van der Waals surface area contributed by atoms with Gasteiger partial charge in [-0.25, -0.2) is 4.79 Å². The highest BCUT2D eigenvalue weighted by Crippen LogP contribution is 2.27. The summed E-state index contributed by atoms with van der Waals surface area (Å²) in [6, 6.07) is 25.6. The number of carbonyl (C=O) groups is 1. The highest BCUT2D eigenvalue weighted by atomic mass is 16.5. The van der Waals surface area contributed by atoms with E-state index in [0.717, 1.165) is 28.0 Å². The number of ether oxygens (including phenoxy) is 2. The average molecular weight is 344 g/mol. The smallest absolute Gasteiger partial charge is 0.337 e. The van der Waals surface area contributed by atoms with Gasteiger partial charge >= 0.3 is 5.97 Å². The van der Waals surface area contributed by atoms with E-state index in [2.05, 4.69) is 18.2 Å². The molecular weight excluding hydrogens is 324 g/mol. The molecule has 0 saturated heterocycles. The third-order valence-corrected chi connectivity index (χ3v) is 4.13. The Morgan fingerprint density at radius 2 is 1.31 bits per heavy atom. The molecule has 0 aliphatic carbocycles. The van der Waals surface area contributed by atoms with Crippen LogP contribution in [0.5, 0.6) is 5.75 Å². The molecule has 0 amide bonds. The van der Waals surface area contributed by atoms with Crippen LogP contribution in [0.1, 0.15) is 27.0 Å². The van der Waals surface area contributed by atoms with E-state index in [1.165, 1.54) is 7.11 Å². The van der Waals surface area contributed by atoms with E-state index >= 15 is 0 Å². The van der Waals surface area contributed by atoms with Crippen LogP contribution in [0.15, 0.2) is 78.9 Å². The van der Waals surface area contributed by atoms with Crippen LogP contribution in [-0.2, 0) is 4.74 Å². The molecule has 3 aromatic carbocycles. The maximum Gasteiger partial charge on any atom is 0.337 e. The maximum absolute atomic E-state index is 11.6. The van der Waals surface area contributed by atoms with Crippen LogP contribution >= 0.6 is 0 Å². The first-order valence-corrected chi connectivity index (χ1v) is 8.31. The molecule has 26 heavy (non-hydrogen) atoms. The van der Waals surface area contributed by atoms with Gasteiger partial charge < -0.3 is 9.47 Å². The molecule has 0 aliphatic heterocycles. The molecule has 0 atom stereocenters. The SMILES string of the molecule is COC(=O)c1ccc(/C=C(/c2ccccc2)c2ccc(OC)cc2)cc1. The summed E-state index contributed by atoms with van der Waals surface area (Å²) in [7, 11) is 3.04. The van der Waals surface area contributed by atoms with Crippen molar-refractivity contribution in [2.45, 2.75) is 0 Å². The summed E-state index contributed by atoms with van der Waals surface area (Å²) in [5.74, 6) is 0.488. The van der Waals surface area contributed by atoms with E-state index in [1.54, 1.807) is 19.2 Å². The molecule has 3 aromatic rings. The number of hydrogen-bond donors (Lipinski definition) is 0. The van der Waals surface area contributed by atoms with Crippen molar-refractivity contribution >= 4 is 17.6 Å². The lowest BCUT2D eigenvalue weighted by Crippen LogP contribution is -2.00. The lowest BCUT2D eigenvalue weighted by molar-refractivity contribution is 0.0600. The van der Waals surface area contributed by atoms with Gasteiger partial charge in [-0.1, -0.05) is 54.6 Å². The maximum atomic E-state index is 11.6.